The first-order valence-corrected chi connectivity index (χ1v) is 8.82. The smallest absolute Gasteiger partial charge is 0.232 e. The molecule has 0 fully saturated rings. The summed E-state index contributed by atoms with van der Waals surface area (Å²) in [5, 5.41) is 3.91. The number of anilines is 1. The number of halogens is 3. The Morgan fingerprint density at radius 3 is 2.59 bits per heavy atom. The molecule has 0 unspecified atom stereocenters. The van der Waals surface area contributed by atoms with Gasteiger partial charge in [0.1, 0.15) is 10.8 Å². The van der Waals surface area contributed by atoms with Crippen LogP contribution in [0.5, 0.6) is 11.6 Å². The monoisotopic (exact) mass is 524 g/mol. The summed E-state index contributed by atoms with van der Waals surface area (Å²) in [5.41, 5.74) is 7.45. The molecule has 27 heavy (non-hydrogen) atoms. The van der Waals surface area contributed by atoms with E-state index in [-0.39, 0.29) is 29.9 Å². The van der Waals surface area contributed by atoms with E-state index < -0.39 is 0 Å². The number of guanidine groups is 1. The van der Waals surface area contributed by atoms with Gasteiger partial charge in [0.15, 0.2) is 5.96 Å². The summed E-state index contributed by atoms with van der Waals surface area (Å²) in [6.07, 6.45) is 1.67. The molecule has 2 rings (SSSR count). The van der Waals surface area contributed by atoms with Crippen LogP contribution in [0.3, 0.4) is 0 Å². The van der Waals surface area contributed by atoms with Gasteiger partial charge < -0.3 is 20.5 Å². The minimum atomic E-state index is 0. The molecule has 148 valence electrons. The van der Waals surface area contributed by atoms with Crippen LogP contribution in [0.1, 0.15) is 19.4 Å². The first kappa shape index (κ1) is 23.6. The van der Waals surface area contributed by atoms with Crippen LogP contribution >= 0.6 is 47.2 Å². The first-order valence-electron chi connectivity index (χ1n) is 8.06. The lowest BCUT2D eigenvalue weighted by Crippen LogP contribution is -2.22. The highest BCUT2D eigenvalue weighted by atomic mass is 127. The average molecular weight is 525 g/mol. The summed E-state index contributed by atoms with van der Waals surface area (Å²) in [4.78, 5) is 8.50. The van der Waals surface area contributed by atoms with Crippen molar-refractivity contribution in [1.29, 1.82) is 0 Å². The maximum absolute atomic E-state index is 6.19. The van der Waals surface area contributed by atoms with Crippen LogP contribution in [0.15, 0.2) is 35.5 Å². The molecule has 0 aliphatic heterocycles. The largest absolute Gasteiger partial charge is 0.495 e. The Morgan fingerprint density at radius 2 is 2.00 bits per heavy atom. The van der Waals surface area contributed by atoms with Crippen molar-refractivity contribution >= 4 is 58.8 Å². The van der Waals surface area contributed by atoms with Gasteiger partial charge in [-0.25, -0.2) is 9.98 Å². The molecule has 0 aliphatic rings. The van der Waals surface area contributed by atoms with Crippen LogP contribution in [0.2, 0.25) is 10.0 Å². The fourth-order valence-electron chi connectivity index (χ4n) is 2.01. The molecule has 1 aromatic carbocycles. The zero-order valence-corrected chi connectivity index (χ0v) is 19.2. The summed E-state index contributed by atoms with van der Waals surface area (Å²) in [6.45, 7) is 5.01. The molecular formula is C18H23Cl2IN4O2. The number of aromatic nitrogens is 1. The molecule has 0 saturated carbocycles. The molecule has 0 spiro atoms. The Balaban J connectivity index is 0.00000364. The highest BCUT2D eigenvalue weighted by molar-refractivity contribution is 14.0. The van der Waals surface area contributed by atoms with Gasteiger partial charge in [-0.1, -0.05) is 37.0 Å². The molecule has 1 aromatic heterocycles. The fourth-order valence-corrected chi connectivity index (χ4v) is 2.51. The Hall–Kier alpha value is -1.45. The molecule has 6 nitrogen and oxygen atoms in total. The minimum Gasteiger partial charge on any atom is -0.495 e. The van der Waals surface area contributed by atoms with Gasteiger partial charge in [-0.3, -0.25) is 0 Å². The highest BCUT2D eigenvalue weighted by Gasteiger charge is 2.07. The number of benzene rings is 1. The van der Waals surface area contributed by atoms with E-state index in [9.17, 15) is 0 Å². The number of rotatable bonds is 7. The Kier molecular flexibility index (Phi) is 9.97. The number of nitrogens with two attached hydrogens (primary N) is 1. The van der Waals surface area contributed by atoms with Crippen molar-refractivity contribution in [2.75, 3.05) is 19.0 Å². The summed E-state index contributed by atoms with van der Waals surface area (Å²) in [6, 6.07) is 7.02. The van der Waals surface area contributed by atoms with Crippen molar-refractivity contribution < 1.29 is 9.47 Å². The molecule has 3 N–H and O–H groups in total. The lowest BCUT2D eigenvalue weighted by Gasteiger charge is -2.10. The zero-order chi connectivity index (χ0) is 19.1. The third kappa shape index (κ3) is 7.59. The van der Waals surface area contributed by atoms with Gasteiger partial charge >= 0.3 is 0 Å². The Bertz CT molecular complexity index is 788. The maximum atomic E-state index is 6.19. The lowest BCUT2D eigenvalue weighted by atomic mass is 10.2. The Labute approximate surface area is 186 Å². The van der Waals surface area contributed by atoms with Crippen LogP contribution in [-0.2, 0) is 6.54 Å². The highest BCUT2D eigenvalue weighted by Crippen LogP contribution is 2.27. The van der Waals surface area contributed by atoms with Crippen molar-refractivity contribution in [3.05, 3.63) is 46.1 Å². The van der Waals surface area contributed by atoms with Crippen LogP contribution in [0.25, 0.3) is 0 Å². The van der Waals surface area contributed by atoms with Gasteiger partial charge in [-0.05, 0) is 35.7 Å². The normalized spacial score (nSPS) is 11.1. The number of nitrogens with one attached hydrogen (secondary N) is 1. The van der Waals surface area contributed by atoms with Crippen molar-refractivity contribution in [1.82, 2.24) is 4.98 Å². The molecular weight excluding hydrogens is 502 g/mol. The average Bonchev–Trinajstić information content (AvgIpc) is 2.59. The maximum Gasteiger partial charge on any atom is 0.232 e. The van der Waals surface area contributed by atoms with Gasteiger partial charge in [0.25, 0.3) is 0 Å². The second-order valence-corrected chi connectivity index (χ2v) is 6.83. The van der Waals surface area contributed by atoms with E-state index in [1.807, 2.05) is 0 Å². The number of aliphatic imine (C=N–C) groups is 1. The van der Waals surface area contributed by atoms with Crippen molar-refractivity contribution in [3.8, 4) is 11.6 Å². The van der Waals surface area contributed by atoms with E-state index in [1.54, 1.807) is 37.6 Å². The zero-order valence-electron chi connectivity index (χ0n) is 15.3. The number of pyridine rings is 1. The van der Waals surface area contributed by atoms with Gasteiger partial charge in [0, 0.05) is 11.9 Å². The summed E-state index contributed by atoms with van der Waals surface area (Å²) < 4.78 is 10.7. The second kappa shape index (κ2) is 11.4. The quantitative estimate of drug-likeness (QED) is 0.303. The first-order chi connectivity index (χ1) is 12.4. The number of ether oxygens (including phenoxy) is 2. The molecule has 0 atom stereocenters. The molecule has 0 saturated heterocycles. The number of hydrogen-bond acceptors (Lipinski definition) is 4. The number of methoxy groups -OCH3 is 1. The molecule has 0 aliphatic carbocycles. The topological polar surface area (TPSA) is 81.8 Å². The van der Waals surface area contributed by atoms with Crippen molar-refractivity contribution in [3.63, 3.8) is 0 Å². The van der Waals surface area contributed by atoms with E-state index in [4.69, 9.17) is 38.4 Å². The van der Waals surface area contributed by atoms with Gasteiger partial charge in [0.05, 0.1) is 25.3 Å². The molecule has 0 radical (unpaired) electrons. The summed E-state index contributed by atoms with van der Waals surface area (Å²) >= 11 is 12.3. The van der Waals surface area contributed by atoms with Gasteiger partial charge in [-0.15, -0.1) is 24.0 Å². The molecule has 1 heterocycles. The van der Waals surface area contributed by atoms with E-state index >= 15 is 0 Å². The van der Waals surface area contributed by atoms with Crippen molar-refractivity contribution in [2.24, 2.45) is 16.6 Å². The summed E-state index contributed by atoms with van der Waals surface area (Å²) in [7, 11) is 1.56. The van der Waals surface area contributed by atoms with Crippen LogP contribution in [0, 0.1) is 5.92 Å². The van der Waals surface area contributed by atoms with E-state index in [2.05, 4.69) is 29.1 Å². The SMILES string of the molecule is COc1ccc(NC(N)=NCc2cnc(OCC(C)C)c(Cl)c2)cc1Cl.I. The molecule has 0 bridgehead atoms. The lowest BCUT2D eigenvalue weighted by molar-refractivity contribution is 0.261. The van der Waals surface area contributed by atoms with Crippen LogP contribution in [0.4, 0.5) is 5.69 Å². The standard InChI is InChI=1S/C18H22Cl2N4O2.HI/c1-11(2)10-26-17-15(20)6-12(8-22-17)9-23-18(21)24-13-4-5-16(25-3)14(19)7-13;/h4-8,11H,9-10H2,1-3H3,(H3,21,23,24);1H. The predicted octanol–water partition coefficient (Wildman–Crippen LogP) is 4.98. The van der Waals surface area contributed by atoms with E-state index in [0.717, 1.165) is 5.56 Å². The second-order valence-electron chi connectivity index (χ2n) is 6.01. The number of hydrogen-bond donors (Lipinski definition) is 2. The molecule has 0 amide bonds. The predicted molar refractivity (Wildman–Crippen MR) is 122 cm³/mol. The Morgan fingerprint density at radius 1 is 1.26 bits per heavy atom. The summed E-state index contributed by atoms with van der Waals surface area (Å²) in [5.74, 6) is 1.66. The third-order valence-corrected chi connectivity index (χ3v) is 3.84. The molecule has 9 heteroatoms. The van der Waals surface area contributed by atoms with E-state index in [0.29, 0.717) is 46.4 Å². The van der Waals surface area contributed by atoms with Gasteiger partial charge in [0.2, 0.25) is 5.88 Å². The molecule has 2 aromatic rings. The van der Waals surface area contributed by atoms with E-state index in [1.165, 1.54) is 0 Å². The minimum absolute atomic E-state index is 0. The van der Waals surface area contributed by atoms with Gasteiger partial charge in [-0.2, -0.15) is 0 Å². The number of nitrogens with zero attached hydrogens (tertiary/aromatic N) is 2. The fraction of sp³-hybridized carbons (Fsp3) is 0.333. The van der Waals surface area contributed by atoms with Crippen molar-refractivity contribution in [2.45, 2.75) is 20.4 Å². The van der Waals surface area contributed by atoms with Crippen LogP contribution in [-0.4, -0.2) is 24.7 Å². The van der Waals surface area contributed by atoms with Crippen LogP contribution < -0.4 is 20.5 Å². The third-order valence-electron chi connectivity index (χ3n) is 3.27.